The van der Waals surface area contributed by atoms with Gasteiger partial charge in [-0.1, -0.05) is 12.0 Å². The number of aryl methyl sites for hydroxylation is 1. The summed E-state index contributed by atoms with van der Waals surface area (Å²) < 4.78 is 55.7. The number of likely N-dealkylation sites (tertiary alicyclic amines) is 2. The number of phenols is 1. The van der Waals surface area contributed by atoms with Gasteiger partial charge in [0.25, 0.3) is 0 Å². The van der Waals surface area contributed by atoms with Gasteiger partial charge < -0.3 is 39.9 Å². The number of halogens is 3. The van der Waals surface area contributed by atoms with Crippen molar-refractivity contribution in [2.45, 2.75) is 94.5 Å². The third-order valence-corrected chi connectivity index (χ3v) is 16.4. The number of benzene rings is 3. The molecule has 3 aromatic carbocycles. The van der Waals surface area contributed by atoms with Gasteiger partial charge in [0, 0.05) is 94.6 Å². The van der Waals surface area contributed by atoms with E-state index in [2.05, 4.69) is 48.3 Å². The van der Waals surface area contributed by atoms with E-state index in [-0.39, 0.29) is 70.5 Å². The number of imidazole rings is 1. The zero-order valence-electron chi connectivity index (χ0n) is 42.2. The van der Waals surface area contributed by atoms with Crippen LogP contribution in [0.5, 0.6) is 11.8 Å². The number of carbonyl (C=O) groups is 2. The number of carbonyl (C=O) groups excluding carboxylic acids is 2. The van der Waals surface area contributed by atoms with Crippen LogP contribution in [-0.4, -0.2) is 146 Å². The van der Waals surface area contributed by atoms with Crippen LogP contribution < -0.4 is 30.9 Å². The second kappa shape index (κ2) is 20.7. The molecule has 4 N–H and O–H groups in total. The Hall–Kier alpha value is -6.79. The molecule has 75 heavy (non-hydrogen) atoms. The lowest BCUT2D eigenvalue weighted by molar-refractivity contribution is -0.135. The van der Waals surface area contributed by atoms with E-state index >= 15 is 8.78 Å². The van der Waals surface area contributed by atoms with Crippen LogP contribution in [0.1, 0.15) is 75.8 Å². The molecule has 4 unspecified atom stereocenters. The minimum Gasteiger partial charge on any atom is -0.508 e. The molecule has 0 saturated carbocycles. The number of aromatic hydroxyl groups is 1. The van der Waals surface area contributed by atoms with Gasteiger partial charge in [-0.2, -0.15) is 9.97 Å². The number of piperazine rings is 1. The maximum atomic E-state index is 16.6. The van der Waals surface area contributed by atoms with Crippen molar-refractivity contribution in [2.75, 3.05) is 75.8 Å². The molecule has 6 aromatic rings. The Labute approximate surface area is 431 Å². The van der Waals surface area contributed by atoms with E-state index in [1.807, 2.05) is 4.90 Å². The van der Waals surface area contributed by atoms with Gasteiger partial charge in [0.15, 0.2) is 11.6 Å². The highest BCUT2D eigenvalue weighted by Gasteiger charge is 2.36. The summed E-state index contributed by atoms with van der Waals surface area (Å²) in [5.41, 5.74) is 0.675. The third kappa shape index (κ3) is 9.75. The molecular formula is C55H62F3N11O6. The van der Waals surface area contributed by atoms with E-state index in [9.17, 15) is 29.0 Å². The number of aliphatic hydroxyl groups excluding tert-OH is 1. The number of hydrogen-bond acceptors (Lipinski definition) is 14. The molecule has 9 heterocycles. The number of aromatic nitrogens is 5. The summed E-state index contributed by atoms with van der Waals surface area (Å²) in [6, 6.07) is 9.14. The summed E-state index contributed by atoms with van der Waals surface area (Å²) in [5, 5.41) is 27.3. The zero-order valence-corrected chi connectivity index (χ0v) is 42.2. The number of hydrogen-bond donors (Lipinski definition) is 4. The minimum absolute atomic E-state index is 0.0248. The highest BCUT2D eigenvalue weighted by molar-refractivity contribution is 6.03. The molecule has 12 rings (SSSR count). The van der Waals surface area contributed by atoms with Crippen LogP contribution >= 0.6 is 0 Å². The first-order valence-corrected chi connectivity index (χ1v) is 26.2. The SMILES string of the molecule is C#Cc1c(F)ccc2cc(O)cc(-c3ncc4c(N5CC6CCC(C5)N6)nc(OCC5CCCN5C)nc4c3F)c12.Cn1c(=O)n(C2CCC(=O)NC2=O)c2ccc(N3CCC(CN4CCC(O)CC4)CC3)c(F)c21. The molecule has 2 bridgehead atoms. The average molecular weight is 1030 g/mol. The molecule has 6 saturated heterocycles. The standard InChI is InChI=1S/C31H30F2N6O2.C24H32FN5O4/c1-3-22-25(32)9-6-17-11-21(40)12-23(26(17)22)28-27(33)29-24(13-34-28)30(39-14-18-7-8-19(15-39)35-18)37-31(36-29)41-16-20-5-4-10-38(20)2;1-27-22-18(30(24(27)34)19-4-5-20(32)26-23(19)33)3-2-17(21(22)25)29-12-6-15(7-13-29)14-28-10-8-16(31)9-11-28/h1,6,9,11-13,18-20,35,40H,4-5,7-8,10,14-16H2,2H3;2-3,15-16,19,31H,4-14H2,1H3,(H,26,32,33). The fourth-order valence-corrected chi connectivity index (χ4v) is 12.3. The lowest BCUT2D eigenvalue weighted by atomic mass is 9.94. The van der Waals surface area contributed by atoms with Crippen molar-refractivity contribution in [3.05, 3.63) is 76.1 Å². The van der Waals surface area contributed by atoms with Crippen molar-refractivity contribution >= 4 is 56.0 Å². The summed E-state index contributed by atoms with van der Waals surface area (Å²) in [7, 11) is 3.58. The largest absolute Gasteiger partial charge is 0.508 e. The predicted octanol–water partition coefficient (Wildman–Crippen LogP) is 5.35. The number of likely N-dealkylation sites (N-methyl/N-ethyl adjacent to an activating group) is 1. The van der Waals surface area contributed by atoms with Crippen LogP contribution in [0.3, 0.4) is 0 Å². The number of pyridine rings is 1. The summed E-state index contributed by atoms with van der Waals surface area (Å²) in [6.07, 6.45) is 15.3. The molecular weight excluding hydrogens is 968 g/mol. The van der Waals surface area contributed by atoms with Crippen molar-refractivity contribution in [2.24, 2.45) is 13.0 Å². The number of fused-ring (bicyclic) bond motifs is 5. The number of phenolic OH excluding ortho intramolecular Hbond substituents is 1. The number of nitrogens with one attached hydrogen (secondary N) is 2. The first-order chi connectivity index (χ1) is 36.2. The molecule has 4 atom stereocenters. The monoisotopic (exact) mass is 1030 g/mol. The molecule has 6 aliphatic heterocycles. The van der Waals surface area contributed by atoms with E-state index in [1.54, 1.807) is 18.3 Å². The number of nitrogens with zero attached hydrogens (tertiary/aromatic N) is 9. The van der Waals surface area contributed by atoms with Crippen LogP contribution in [-0.2, 0) is 16.6 Å². The van der Waals surface area contributed by atoms with E-state index in [0.29, 0.717) is 57.8 Å². The van der Waals surface area contributed by atoms with Crippen LogP contribution in [0, 0.1) is 35.7 Å². The second-order valence-corrected chi connectivity index (χ2v) is 21.2. The minimum atomic E-state index is -0.828. The van der Waals surface area contributed by atoms with Gasteiger partial charge in [-0.3, -0.25) is 29.0 Å². The lowest BCUT2D eigenvalue weighted by Crippen LogP contribution is -2.51. The van der Waals surface area contributed by atoms with Crippen LogP contribution in [0.25, 0.3) is 44.0 Å². The Morgan fingerprint density at radius 2 is 1.63 bits per heavy atom. The molecule has 2 amide bonds. The first-order valence-electron chi connectivity index (χ1n) is 26.2. The van der Waals surface area contributed by atoms with Gasteiger partial charge in [0.05, 0.1) is 28.3 Å². The van der Waals surface area contributed by atoms with Crippen LogP contribution in [0.15, 0.2) is 47.4 Å². The maximum Gasteiger partial charge on any atom is 0.329 e. The van der Waals surface area contributed by atoms with Gasteiger partial charge >= 0.3 is 11.7 Å². The van der Waals surface area contributed by atoms with Gasteiger partial charge in [-0.05, 0) is 113 Å². The van der Waals surface area contributed by atoms with Crippen molar-refractivity contribution in [1.82, 2.24) is 44.5 Å². The molecule has 394 valence electrons. The quantitative estimate of drug-likeness (QED) is 0.107. The Kier molecular flexibility index (Phi) is 13.9. The number of ether oxygens (including phenoxy) is 1. The molecule has 3 aromatic heterocycles. The number of imide groups is 1. The molecule has 20 heteroatoms. The summed E-state index contributed by atoms with van der Waals surface area (Å²) in [4.78, 5) is 59.5. The number of terminal acetylenes is 1. The Bertz CT molecular complexity index is 3300. The molecule has 6 fully saturated rings. The van der Waals surface area contributed by atoms with Crippen molar-refractivity contribution < 1.29 is 37.7 Å². The third-order valence-electron chi connectivity index (χ3n) is 16.4. The van der Waals surface area contributed by atoms with E-state index in [4.69, 9.17) is 16.1 Å². The molecule has 0 spiro atoms. The fraction of sp³-hybridized carbons (Fsp3) is 0.491. The molecule has 17 nitrogen and oxygen atoms in total. The lowest BCUT2D eigenvalue weighted by Gasteiger charge is -2.37. The number of anilines is 2. The smallest absolute Gasteiger partial charge is 0.329 e. The molecule has 0 aliphatic carbocycles. The first kappa shape index (κ1) is 50.4. The van der Waals surface area contributed by atoms with Gasteiger partial charge in [-0.25, -0.2) is 18.0 Å². The average Bonchev–Trinajstić information content (AvgIpc) is 4.07. The van der Waals surface area contributed by atoms with Crippen molar-refractivity contribution in [1.29, 1.82) is 0 Å². The van der Waals surface area contributed by atoms with E-state index in [0.717, 1.165) is 104 Å². The highest BCUT2D eigenvalue weighted by Crippen LogP contribution is 2.40. The number of piperidine rings is 3. The second-order valence-electron chi connectivity index (χ2n) is 21.2. The number of rotatable bonds is 9. The molecule has 6 aliphatic rings. The van der Waals surface area contributed by atoms with Crippen molar-refractivity contribution in [3.63, 3.8) is 0 Å². The Balaban J connectivity index is 0.000000164. The summed E-state index contributed by atoms with van der Waals surface area (Å²) in [5.74, 6) is 0.727. The zero-order chi connectivity index (χ0) is 52.2. The fourth-order valence-electron chi connectivity index (χ4n) is 12.3. The topological polar surface area (TPSA) is 186 Å². The number of aliphatic hydroxyl groups is 1. The van der Waals surface area contributed by atoms with Crippen molar-refractivity contribution in [3.8, 4) is 35.4 Å². The highest BCUT2D eigenvalue weighted by atomic mass is 19.1. The van der Waals surface area contributed by atoms with Gasteiger partial charge in [-0.15, -0.1) is 6.42 Å². The Morgan fingerprint density at radius 1 is 0.867 bits per heavy atom. The van der Waals surface area contributed by atoms with Gasteiger partial charge in [0.2, 0.25) is 11.8 Å². The van der Waals surface area contributed by atoms with Crippen LogP contribution in [0.2, 0.25) is 0 Å². The van der Waals surface area contributed by atoms with Gasteiger partial charge in [0.1, 0.15) is 46.8 Å². The molecule has 0 radical (unpaired) electrons. The van der Waals surface area contributed by atoms with E-state index in [1.165, 1.54) is 40.4 Å². The summed E-state index contributed by atoms with van der Waals surface area (Å²) >= 11 is 0. The predicted molar refractivity (Wildman–Crippen MR) is 278 cm³/mol. The van der Waals surface area contributed by atoms with Crippen LogP contribution in [0.4, 0.5) is 24.7 Å². The number of amides is 2. The summed E-state index contributed by atoms with van der Waals surface area (Å²) in [6.45, 7) is 7.24. The normalized spacial score (nSPS) is 23.0. The Morgan fingerprint density at radius 3 is 2.33 bits per heavy atom. The van der Waals surface area contributed by atoms with E-state index < -0.39 is 35.1 Å². The maximum absolute atomic E-state index is 16.6.